The van der Waals surface area contributed by atoms with E-state index in [4.69, 9.17) is 0 Å². The fraction of sp³-hybridized carbons (Fsp3) is 1.00. The van der Waals surface area contributed by atoms with E-state index in [0.29, 0.717) is 11.8 Å². The van der Waals surface area contributed by atoms with E-state index in [1.54, 1.807) is 6.92 Å². The molecule has 2 rings (SSSR count). The smallest absolute Gasteiger partial charge is 0.0910 e. The molecule has 0 saturated heterocycles. The fourth-order valence-corrected chi connectivity index (χ4v) is 3.39. The van der Waals surface area contributed by atoms with Crippen LogP contribution in [0.3, 0.4) is 0 Å². The molecule has 2 heteroatoms. The number of fused-ring (bicyclic) bond motifs is 2. The molecule has 2 aliphatic rings. The molecule has 2 saturated carbocycles. The molecule has 2 bridgehead atoms. The van der Waals surface area contributed by atoms with Crippen LogP contribution in [0.5, 0.6) is 0 Å². The molecule has 2 nitrogen and oxygen atoms in total. The van der Waals surface area contributed by atoms with Crippen molar-refractivity contribution in [3.05, 3.63) is 0 Å². The summed E-state index contributed by atoms with van der Waals surface area (Å²) < 4.78 is 0. The van der Waals surface area contributed by atoms with Crippen molar-refractivity contribution < 1.29 is 10.2 Å². The van der Waals surface area contributed by atoms with Crippen LogP contribution in [0.1, 0.15) is 40.0 Å². The minimum atomic E-state index is -0.865. The molecule has 2 aliphatic carbocycles. The van der Waals surface area contributed by atoms with Crippen LogP contribution < -0.4 is 0 Å². The van der Waals surface area contributed by atoms with Crippen LogP contribution in [-0.2, 0) is 0 Å². The van der Waals surface area contributed by atoms with Gasteiger partial charge in [0.25, 0.3) is 0 Å². The Morgan fingerprint density at radius 3 is 2.23 bits per heavy atom. The summed E-state index contributed by atoms with van der Waals surface area (Å²) in [6.07, 6.45) is 2.78. The van der Waals surface area contributed by atoms with Gasteiger partial charge in [0.15, 0.2) is 0 Å². The van der Waals surface area contributed by atoms with Gasteiger partial charge in [0.2, 0.25) is 0 Å². The zero-order valence-electron chi connectivity index (χ0n) is 8.75. The van der Waals surface area contributed by atoms with Gasteiger partial charge in [-0.05, 0) is 43.4 Å². The second-order valence-corrected chi connectivity index (χ2v) is 5.66. The van der Waals surface area contributed by atoms with E-state index >= 15 is 0 Å². The summed E-state index contributed by atoms with van der Waals surface area (Å²) in [5, 5.41) is 20.3. The van der Waals surface area contributed by atoms with E-state index in [1.165, 1.54) is 6.42 Å². The van der Waals surface area contributed by atoms with Crippen molar-refractivity contribution in [2.75, 3.05) is 0 Å². The fourth-order valence-electron chi connectivity index (χ4n) is 3.39. The number of aliphatic hydroxyl groups is 2. The van der Waals surface area contributed by atoms with Crippen LogP contribution in [0, 0.1) is 17.3 Å². The summed E-state index contributed by atoms with van der Waals surface area (Å²) in [6.45, 7) is 5.96. The first kappa shape index (κ1) is 9.47. The standard InChI is InChI=1S/C11H20O2/c1-10(2)7-4-5-8(6-7)11(3,13)9(10)12/h7-9,12-13H,4-6H2,1-3H3/t7-,8+,9+,11-/m1/s1. The molecule has 0 aromatic rings. The van der Waals surface area contributed by atoms with Crippen molar-refractivity contribution in [2.45, 2.75) is 51.7 Å². The molecule has 4 atom stereocenters. The molecule has 0 aliphatic heterocycles. The van der Waals surface area contributed by atoms with E-state index in [0.717, 1.165) is 12.8 Å². The van der Waals surface area contributed by atoms with Gasteiger partial charge < -0.3 is 10.2 Å². The number of aliphatic hydroxyl groups excluding tert-OH is 1. The van der Waals surface area contributed by atoms with Crippen molar-refractivity contribution >= 4 is 0 Å². The topological polar surface area (TPSA) is 40.5 Å². The number of hydrogen-bond acceptors (Lipinski definition) is 2. The summed E-state index contributed by atoms with van der Waals surface area (Å²) in [5.74, 6) is 0.924. The maximum Gasteiger partial charge on any atom is 0.0910 e. The molecule has 0 aromatic heterocycles. The van der Waals surface area contributed by atoms with Gasteiger partial charge in [-0.3, -0.25) is 0 Å². The maximum absolute atomic E-state index is 10.2. The third kappa shape index (κ3) is 1.08. The Balaban J connectivity index is 2.36. The molecule has 2 fully saturated rings. The molecule has 0 radical (unpaired) electrons. The second kappa shape index (κ2) is 2.48. The van der Waals surface area contributed by atoms with Gasteiger partial charge in [-0.25, -0.2) is 0 Å². The van der Waals surface area contributed by atoms with Gasteiger partial charge in [0, 0.05) is 0 Å². The highest BCUT2D eigenvalue weighted by atomic mass is 16.3. The highest BCUT2D eigenvalue weighted by molar-refractivity contribution is 5.07. The van der Waals surface area contributed by atoms with E-state index in [9.17, 15) is 10.2 Å². The van der Waals surface area contributed by atoms with Crippen molar-refractivity contribution in [3.63, 3.8) is 0 Å². The summed E-state index contributed by atoms with van der Waals surface area (Å²) >= 11 is 0. The first-order chi connectivity index (χ1) is 5.87. The molecule has 0 amide bonds. The lowest BCUT2D eigenvalue weighted by atomic mass is 9.61. The number of rotatable bonds is 0. The largest absolute Gasteiger partial charge is 0.390 e. The minimum absolute atomic E-state index is 0.115. The van der Waals surface area contributed by atoms with Gasteiger partial charge in [0.1, 0.15) is 0 Å². The molecule has 0 spiro atoms. The molecule has 76 valence electrons. The van der Waals surface area contributed by atoms with Gasteiger partial charge in [0.05, 0.1) is 11.7 Å². The molecule has 0 unspecified atom stereocenters. The Kier molecular flexibility index (Phi) is 1.81. The molecular formula is C11H20O2. The van der Waals surface area contributed by atoms with Crippen molar-refractivity contribution in [1.82, 2.24) is 0 Å². The third-order valence-electron chi connectivity index (χ3n) is 4.57. The summed E-state index contributed by atoms with van der Waals surface area (Å²) in [4.78, 5) is 0. The average Bonchev–Trinajstić information content (AvgIpc) is 2.48. The third-order valence-corrected chi connectivity index (χ3v) is 4.57. The van der Waals surface area contributed by atoms with Crippen LogP contribution in [0.4, 0.5) is 0 Å². The van der Waals surface area contributed by atoms with Gasteiger partial charge in [-0.15, -0.1) is 0 Å². The first-order valence-electron chi connectivity index (χ1n) is 5.27. The van der Waals surface area contributed by atoms with Crippen molar-refractivity contribution in [1.29, 1.82) is 0 Å². The van der Waals surface area contributed by atoms with Crippen molar-refractivity contribution in [3.8, 4) is 0 Å². The number of hydrogen-bond donors (Lipinski definition) is 2. The Bertz CT molecular complexity index is 198. The van der Waals surface area contributed by atoms with Gasteiger partial charge in [-0.1, -0.05) is 13.8 Å². The Hall–Kier alpha value is -0.0800. The van der Waals surface area contributed by atoms with Gasteiger partial charge >= 0.3 is 0 Å². The Labute approximate surface area is 80.0 Å². The van der Waals surface area contributed by atoms with E-state index in [-0.39, 0.29) is 5.41 Å². The SMILES string of the molecule is CC1(C)[C@@H]2CC[C@@H](C2)[C@@](C)(O)[C@H]1O. The van der Waals surface area contributed by atoms with Crippen LogP contribution in [0.15, 0.2) is 0 Å². The average molecular weight is 184 g/mol. The molecule has 13 heavy (non-hydrogen) atoms. The zero-order valence-corrected chi connectivity index (χ0v) is 8.75. The predicted octanol–water partition coefficient (Wildman–Crippen LogP) is 1.55. The van der Waals surface area contributed by atoms with E-state index in [1.807, 2.05) is 0 Å². The zero-order chi connectivity index (χ0) is 9.85. The highest BCUT2D eigenvalue weighted by Gasteiger charge is 2.57. The summed E-state index contributed by atoms with van der Waals surface area (Å²) in [6, 6.07) is 0. The lowest BCUT2D eigenvalue weighted by molar-refractivity contribution is -0.175. The molecule has 0 aromatic carbocycles. The van der Waals surface area contributed by atoms with Crippen LogP contribution in [-0.4, -0.2) is 21.9 Å². The quantitative estimate of drug-likeness (QED) is 0.599. The maximum atomic E-state index is 10.2. The Morgan fingerprint density at radius 2 is 1.62 bits per heavy atom. The lowest BCUT2D eigenvalue weighted by Gasteiger charge is -2.49. The summed E-state index contributed by atoms with van der Waals surface area (Å²) in [5.41, 5.74) is -0.979. The molecule has 2 N–H and O–H groups in total. The van der Waals surface area contributed by atoms with Gasteiger partial charge in [-0.2, -0.15) is 0 Å². The van der Waals surface area contributed by atoms with E-state index in [2.05, 4.69) is 13.8 Å². The van der Waals surface area contributed by atoms with Crippen molar-refractivity contribution in [2.24, 2.45) is 17.3 Å². The molecule has 0 heterocycles. The van der Waals surface area contributed by atoms with E-state index < -0.39 is 11.7 Å². The lowest BCUT2D eigenvalue weighted by Crippen LogP contribution is -2.57. The first-order valence-corrected chi connectivity index (χ1v) is 5.27. The second-order valence-electron chi connectivity index (χ2n) is 5.66. The monoisotopic (exact) mass is 184 g/mol. The molecular weight excluding hydrogens is 164 g/mol. The Morgan fingerprint density at radius 1 is 1.08 bits per heavy atom. The van der Waals surface area contributed by atoms with Crippen LogP contribution in [0.25, 0.3) is 0 Å². The van der Waals surface area contributed by atoms with Crippen LogP contribution in [0.2, 0.25) is 0 Å². The van der Waals surface area contributed by atoms with Crippen LogP contribution >= 0.6 is 0 Å². The minimum Gasteiger partial charge on any atom is -0.390 e. The highest BCUT2D eigenvalue weighted by Crippen LogP contribution is 2.55. The summed E-state index contributed by atoms with van der Waals surface area (Å²) in [7, 11) is 0. The normalized spacial score (nSPS) is 53.8. The predicted molar refractivity (Wildman–Crippen MR) is 51.2 cm³/mol.